The normalized spacial score (nSPS) is 9.85. The van der Waals surface area contributed by atoms with Crippen molar-refractivity contribution in [1.82, 2.24) is 4.98 Å². The molecule has 0 atom stereocenters. The Morgan fingerprint density at radius 3 is 2.85 bits per heavy atom. The van der Waals surface area contributed by atoms with Crippen LogP contribution < -0.4 is 0 Å². The minimum atomic E-state index is 0.507. The molecule has 13 heavy (non-hydrogen) atoms. The summed E-state index contributed by atoms with van der Waals surface area (Å²) < 4.78 is 0. The molecule has 2 nitrogen and oxygen atoms in total. The van der Waals surface area contributed by atoms with Crippen molar-refractivity contribution in [2.75, 3.05) is 0 Å². The fourth-order valence-electron chi connectivity index (χ4n) is 1.02. The van der Waals surface area contributed by atoms with Crippen LogP contribution in [0.15, 0.2) is 16.8 Å². The van der Waals surface area contributed by atoms with Crippen molar-refractivity contribution in [3.63, 3.8) is 0 Å². The molecule has 0 aliphatic carbocycles. The van der Waals surface area contributed by atoms with Crippen LogP contribution in [0.5, 0.6) is 0 Å². The van der Waals surface area contributed by atoms with E-state index in [9.17, 15) is 0 Å². The first-order chi connectivity index (χ1) is 6.31. The van der Waals surface area contributed by atoms with E-state index in [-0.39, 0.29) is 0 Å². The van der Waals surface area contributed by atoms with Crippen LogP contribution in [0, 0.1) is 18.3 Å². The second-order valence-electron chi connectivity index (χ2n) is 2.58. The molecule has 0 aliphatic heterocycles. The molecule has 2 rings (SSSR count). The molecule has 4 heteroatoms. The average molecular weight is 206 g/mol. The summed E-state index contributed by atoms with van der Waals surface area (Å²) in [6, 6.07) is 4.10. The average Bonchev–Trinajstić information content (AvgIpc) is 2.71. The lowest BCUT2D eigenvalue weighted by Crippen LogP contribution is -1.75. The van der Waals surface area contributed by atoms with Crippen LogP contribution in [0.25, 0.3) is 9.88 Å². The highest BCUT2D eigenvalue weighted by atomic mass is 32.1. The van der Waals surface area contributed by atoms with Gasteiger partial charge in [-0.1, -0.05) is 0 Å². The third kappa shape index (κ3) is 1.48. The molecule has 0 saturated heterocycles. The predicted octanol–water partition coefficient (Wildman–Crippen LogP) is 3.05. The molecule has 2 heterocycles. The van der Waals surface area contributed by atoms with Gasteiger partial charge in [0.05, 0.1) is 4.88 Å². The van der Waals surface area contributed by atoms with Crippen LogP contribution in [0.2, 0.25) is 0 Å². The standard InChI is InChI=1S/C9H6N2S2/c1-6-2-3-12-8(6)9-11-7(4-10)5-13-9/h2-3,5H,1H3. The van der Waals surface area contributed by atoms with Gasteiger partial charge in [-0.2, -0.15) is 5.26 Å². The number of hydrogen-bond acceptors (Lipinski definition) is 4. The van der Waals surface area contributed by atoms with Crippen LogP contribution in [0.1, 0.15) is 11.3 Å². The number of thiophene rings is 1. The molecule has 0 unspecified atom stereocenters. The number of nitriles is 1. The zero-order chi connectivity index (χ0) is 9.26. The minimum absolute atomic E-state index is 0.507. The topological polar surface area (TPSA) is 36.7 Å². The van der Waals surface area contributed by atoms with Crippen molar-refractivity contribution in [3.8, 4) is 16.0 Å². The van der Waals surface area contributed by atoms with Crippen molar-refractivity contribution in [2.45, 2.75) is 6.92 Å². The van der Waals surface area contributed by atoms with Gasteiger partial charge >= 0.3 is 0 Å². The molecule has 64 valence electrons. The molecule has 0 bridgehead atoms. The minimum Gasteiger partial charge on any atom is -0.224 e. The van der Waals surface area contributed by atoms with E-state index in [1.807, 2.05) is 11.4 Å². The monoisotopic (exact) mass is 206 g/mol. The SMILES string of the molecule is Cc1ccsc1-c1nc(C#N)cs1. The van der Waals surface area contributed by atoms with E-state index in [2.05, 4.69) is 18.0 Å². The van der Waals surface area contributed by atoms with Crippen LogP contribution in [-0.4, -0.2) is 4.98 Å². The summed E-state index contributed by atoms with van der Waals surface area (Å²) in [5, 5.41) is 13.4. The first-order valence-corrected chi connectivity index (χ1v) is 5.47. The summed E-state index contributed by atoms with van der Waals surface area (Å²) in [6.45, 7) is 2.05. The number of thiazole rings is 1. The second kappa shape index (κ2) is 3.29. The van der Waals surface area contributed by atoms with Crippen molar-refractivity contribution < 1.29 is 0 Å². The number of aryl methyl sites for hydroxylation is 1. The van der Waals surface area contributed by atoms with E-state index in [1.165, 1.54) is 21.8 Å². The maximum Gasteiger partial charge on any atom is 0.152 e. The van der Waals surface area contributed by atoms with E-state index in [0.29, 0.717) is 5.69 Å². The highest BCUT2D eigenvalue weighted by Crippen LogP contribution is 2.31. The predicted molar refractivity (Wildman–Crippen MR) is 54.9 cm³/mol. The lowest BCUT2D eigenvalue weighted by atomic mass is 10.3. The third-order valence-corrected chi connectivity index (χ3v) is 3.69. The molecule has 2 aromatic heterocycles. The smallest absolute Gasteiger partial charge is 0.152 e. The fourth-order valence-corrected chi connectivity index (χ4v) is 2.87. The number of rotatable bonds is 1. The molecule has 0 spiro atoms. The molecular formula is C9H6N2S2. The fraction of sp³-hybridized carbons (Fsp3) is 0.111. The van der Waals surface area contributed by atoms with Crippen molar-refractivity contribution in [1.29, 1.82) is 5.26 Å². The van der Waals surface area contributed by atoms with Gasteiger partial charge in [0.2, 0.25) is 0 Å². The Morgan fingerprint density at radius 2 is 2.31 bits per heavy atom. The highest BCUT2D eigenvalue weighted by Gasteiger charge is 2.07. The highest BCUT2D eigenvalue weighted by molar-refractivity contribution is 7.20. The van der Waals surface area contributed by atoms with Gasteiger partial charge in [0, 0.05) is 5.38 Å². The van der Waals surface area contributed by atoms with Gasteiger partial charge in [0.15, 0.2) is 5.69 Å². The molecule has 0 fully saturated rings. The summed E-state index contributed by atoms with van der Waals surface area (Å²) in [7, 11) is 0. The summed E-state index contributed by atoms with van der Waals surface area (Å²) in [4.78, 5) is 5.37. The number of hydrogen-bond donors (Lipinski definition) is 0. The summed E-state index contributed by atoms with van der Waals surface area (Å²) >= 11 is 3.19. The van der Waals surface area contributed by atoms with Gasteiger partial charge in [-0.3, -0.25) is 0 Å². The Hall–Kier alpha value is -1.18. The molecule has 0 radical (unpaired) electrons. The zero-order valence-electron chi connectivity index (χ0n) is 6.94. The van der Waals surface area contributed by atoms with E-state index in [1.54, 1.807) is 16.7 Å². The first-order valence-electron chi connectivity index (χ1n) is 3.71. The van der Waals surface area contributed by atoms with Crippen molar-refractivity contribution >= 4 is 22.7 Å². The maximum absolute atomic E-state index is 8.62. The Labute approximate surface area is 84.1 Å². The number of aromatic nitrogens is 1. The van der Waals surface area contributed by atoms with Gasteiger partial charge in [-0.15, -0.1) is 22.7 Å². The van der Waals surface area contributed by atoms with E-state index in [0.717, 1.165) is 5.01 Å². The summed E-state index contributed by atoms with van der Waals surface area (Å²) in [5.41, 5.74) is 1.73. The van der Waals surface area contributed by atoms with Crippen LogP contribution in [-0.2, 0) is 0 Å². The van der Waals surface area contributed by atoms with Gasteiger partial charge in [-0.05, 0) is 23.9 Å². The zero-order valence-corrected chi connectivity index (χ0v) is 8.58. The van der Waals surface area contributed by atoms with Crippen LogP contribution in [0.3, 0.4) is 0 Å². The quantitative estimate of drug-likeness (QED) is 0.719. The lowest BCUT2D eigenvalue weighted by Gasteiger charge is -1.90. The van der Waals surface area contributed by atoms with E-state index >= 15 is 0 Å². The summed E-state index contributed by atoms with van der Waals surface area (Å²) in [6.07, 6.45) is 0. The molecule has 0 amide bonds. The third-order valence-electron chi connectivity index (χ3n) is 1.68. The lowest BCUT2D eigenvalue weighted by molar-refractivity contribution is 1.33. The molecule has 0 aromatic carbocycles. The van der Waals surface area contributed by atoms with Crippen LogP contribution >= 0.6 is 22.7 Å². The van der Waals surface area contributed by atoms with Crippen molar-refractivity contribution in [3.05, 3.63) is 28.1 Å². The Kier molecular flexibility index (Phi) is 2.13. The summed E-state index contributed by atoms with van der Waals surface area (Å²) in [5.74, 6) is 0. The first kappa shape index (κ1) is 8.42. The van der Waals surface area contributed by atoms with Crippen molar-refractivity contribution in [2.24, 2.45) is 0 Å². The Bertz CT molecular complexity index is 462. The van der Waals surface area contributed by atoms with Gasteiger partial charge in [0.25, 0.3) is 0 Å². The Balaban J connectivity index is 2.48. The van der Waals surface area contributed by atoms with Gasteiger partial charge < -0.3 is 0 Å². The van der Waals surface area contributed by atoms with E-state index in [4.69, 9.17) is 5.26 Å². The van der Waals surface area contributed by atoms with Crippen LogP contribution in [0.4, 0.5) is 0 Å². The second-order valence-corrected chi connectivity index (χ2v) is 4.36. The maximum atomic E-state index is 8.62. The molecule has 0 aliphatic rings. The molecular weight excluding hydrogens is 200 g/mol. The molecule has 0 N–H and O–H groups in total. The largest absolute Gasteiger partial charge is 0.224 e. The van der Waals surface area contributed by atoms with Gasteiger partial charge in [0.1, 0.15) is 11.1 Å². The Morgan fingerprint density at radius 1 is 1.46 bits per heavy atom. The van der Waals surface area contributed by atoms with E-state index < -0.39 is 0 Å². The number of nitrogens with zero attached hydrogens (tertiary/aromatic N) is 2. The molecule has 0 saturated carbocycles. The van der Waals surface area contributed by atoms with Gasteiger partial charge in [-0.25, -0.2) is 4.98 Å². The molecule has 2 aromatic rings.